The average Bonchev–Trinajstić information content (AvgIpc) is 2.60. The Bertz CT molecular complexity index is 907. The van der Waals surface area contributed by atoms with E-state index in [1.165, 1.54) is 24.3 Å². The van der Waals surface area contributed by atoms with Gasteiger partial charge in [-0.1, -0.05) is 45.7 Å². The first-order valence-corrected chi connectivity index (χ1v) is 12.5. The van der Waals surface area contributed by atoms with Crippen molar-refractivity contribution in [2.75, 3.05) is 13.1 Å². The topological polar surface area (TPSA) is 92.3 Å². The van der Waals surface area contributed by atoms with Crippen LogP contribution in [0.5, 0.6) is 0 Å². The number of sulfonamides is 2. The van der Waals surface area contributed by atoms with Gasteiger partial charge in [-0.3, -0.25) is 0 Å². The maximum Gasteiger partial charge on any atom is 0.240 e. The largest absolute Gasteiger partial charge is 0.240 e. The fourth-order valence-electron chi connectivity index (χ4n) is 2.04. The summed E-state index contributed by atoms with van der Waals surface area (Å²) < 4.78 is 56.1. The molecule has 2 aromatic carbocycles. The lowest BCUT2D eigenvalue weighted by Crippen LogP contribution is -2.42. The van der Waals surface area contributed by atoms with Crippen LogP contribution < -0.4 is 9.44 Å². The van der Waals surface area contributed by atoms with Crippen molar-refractivity contribution in [2.45, 2.75) is 23.6 Å². The Kier molecular flexibility index (Phi) is 7.26. The number of nitrogens with one attached hydrogen (secondary N) is 2. The molecular formula is C17H20Br2N2O4S2. The third kappa shape index (κ3) is 6.65. The molecule has 2 N–H and O–H groups in total. The van der Waals surface area contributed by atoms with Crippen LogP contribution in [0.2, 0.25) is 0 Å². The minimum Gasteiger partial charge on any atom is -0.211 e. The van der Waals surface area contributed by atoms with Crippen molar-refractivity contribution in [1.82, 2.24) is 9.44 Å². The molecule has 0 amide bonds. The van der Waals surface area contributed by atoms with Gasteiger partial charge in [-0.25, -0.2) is 26.3 Å². The number of benzene rings is 2. The number of rotatable bonds is 8. The van der Waals surface area contributed by atoms with Crippen LogP contribution in [-0.2, 0) is 20.0 Å². The van der Waals surface area contributed by atoms with E-state index in [4.69, 9.17) is 0 Å². The molecule has 0 unspecified atom stereocenters. The molecule has 0 radical (unpaired) electrons. The van der Waals surface area contributed by atoms with Gasteiger partial charge in [0.05, 0.1) is 9.79 Å². The van der Waals surface area contributed by atoms with Crippen LogP contribution in [0.4, 0.5) is 0 Å². The Morgan fingerprint density at radius 1 is 0.704 bits per heavy atom. The molecule has 0 bridgehead atoms. The Labute approximate surface area is 177 Å². The molecule has 0 saturated carbocycles. The number of hydrogen-bond acceptors (Lipinski definition) is 4. The van der Waals surface area contributed by atoms with Crippen molar-refractivity contribution < 1.29 is 16.8 Å². The molecule has 10 heteroatoms. The Balaban J connectivity index is 2.00. The smallest absolute Gasteiger partial charge is 0.211 e. The first kappa shape index (κ1) is 22.5. The van der Waals surface area contributed by atoms with Crippen LogP contribution in [0.3, 0.4) is 0 Å². The molecule has 148 valence electrons. The zero-order valence-electron chi connectivity index (χ0n) is 14.7. The fraction of sp³-hybridized carbons (Fsp3) is 0.294. The lowest BCUT2D eigenvalue weighted by Gasteiger charge is -2.25. The summed E-state index contributed by atoms with van der Waals surface area (Å²) in [6, 6.07) is 12.6. The number of hydrogen-bond donors (Lipinski definition) is 2. The van der Waals surface area contributed by atoms with E-state index in [-0.39, 0.29) is 22.9 Å². The minimum absolute atomic E-state index is 0.0776. The molecule has 0 heterocycles. The molecule has 0 saturated heterocycles. The molecule has 0 atom stereocenters. The Morgan fingerprint density at radius 3 is 1.30 bits per heavy atom. The van der Waals surface area contributed by atoms with E-state index in [1.807, 2.05) is 0 Å². The molecule has 0 spiro atoms. The van der Waals surface area contributed by atoms with E-state index >= 15 is 0 Å². The van der Waals surface area contributed by atoms with Crippen LogP contribution in [0.25, 0.3) is 0 Å². The fourth-order valence-corrected chi connectivity index (χ4v) is 5.05. The second kappa shape index (κ2) is 8.71. The first-order chi connectivity index (χ1) is 12.4. The Morgan fingerprint density at radius 2 is 1.00 bits per heavy atom. The van der Waals surface area contributed by atoms with E-state index in [2.05, 4.69) is 41.3 Å². The van der Waals surface area contributed by atoms with Crippen molar-refractivity contribution in [3.63, 3.8) is 0 Å². The van der Waals surface area contributed by atoms with E-state index in [9.17, 15) is 16.8 Å². The highest BCUT2D eigenvalue weighted by molar-refractivity contribution is 9.10. The lowest BCUT2D eigenvalue weighted by atomic mass is 9.95. The molecule has 0 aliphatic heterocycles. The summed E-state index contributed by atoms with van der Waals surface area (Å²) in [5.74, 6) is 0. The SMILES string of the molecule is CC(C)(CNS(=O)(=O)c1ccc(Br)cc1)CNS(=O)(=O)c1ccc(Br)cc1. The summed E-state index contributed by atoms with van der Waals surface area (Å²) in [6.07, 6.45) is 0. The third-order valence-corrected chi connectivity index (χ3v) is 7.62. The van der Waals surface area contributed by atoms with E-state index in [0.29, 0.717) is 0 Å². The quantitative estimate of drug-likeness (QED) is 0.537. The van der Waals surface area contributed by atoms with Crippen LogP contribution in [0.1, 0.15) is 13.8 Å². The molecule has 27 heavy (non-hydrogen) atoms. The predicted octanol–water partition coefficient (Wildman–Crippen LogP) is 3.49. The van der Waals surface area contributed by atoms with Gasteiger partial charge in [0.15, 0.2) is 0 Å². The van der Waals surface area contributed by atoms with Gasteiger partial charge in [-0.15, -0.1) is 0 Å². The average molecular weight is 540 g/mol. The third-order valence-electron chi connectivity index (χ3n) is 3.73. The zero-order chi connectivity index (χ0) is 20.3. The zero-order valence-corrected chi connectivity index (χ0v) is 19.5. The predicted molar refractivity (Wildman–Crippen MR) is 112 cm³/mol. The van der Waals surface area contributed by atoms with Crippen molar-refractivity contribution in [3.8, 4) is 0 Å². The summed E-state index contributed by atoms with van der Waals surface area (Å²) in [6.45, 7) is 3.71. The van der Waals surface area contributed by atoms with Gasteiger partial charge in [0.1, 0.15) is 0 Å². The summed E-state index contributed by atoms with van der Waals surface area (Å²) in [4.78, 5) is 0.300. The first-order valence-electron chi connectivity index (χ1n) is 7.92. The van der Waals surface area contributed by atoms with Crippen molar-refractivity contribution in [3.05, 3.63) is 57.5 Å². The summed E-state index contributed by atoms with van der Waals surface area (Å²) >= 11 is 6.52. The molecule has 0 fully saturated rings. The molecule has 2 aromatic rings. The number of halogens is 2. The van der Waals surface area contributed by atoms with Gasteiger partial charge in [-0.05, 0) is 53.9 Å². The van der Waals surface area contributed by atoms with Crippen LogP contribution in [0, 0.1) is 5.41 Å². The lowest BCUT2D eigenvalue weighted by molar-refractivity contribution is 0.361. The maximum absolute atomic E-state index is 12.4. The van der Waals surface area contributed by atoms with E-state index < -0.39 is 25.5 Å². The van der Waals surface area contributed by atoms with Crippen molar-refractivity contribution in [2.24, 2.45) is 5.41 Å². The summed E-state index contributed by atoms with van der Waals surface area (Å²) in [5, 5.41) is 0. The van der Waals surface area contributed by atoms with Gasteiger partial charge in [-0.2, -0.15) is 0 Å². The van der Waals surface area contributed by atoms with Crippen LogP contribution in [-0.4, -0.2) is 29.9 Å². The van der Waals surface area contributed by atoms with E-state index in [1.54, 1.807) is 38.1 Å². The second-order valence-electron chi connectivity index (χ2n) is 6.72. The molecule has 2 rings (SSSR count). The standard InChI is InChI=1S/C17H20Br2N2O4S2/c1-17(2,11-20-26(22,23)15-7-3-13(18)4-8-15)12-21-27(24,25)16-9-5-14(19)6-10-16/h3-10,20-21H,11-12H2,1-2H3. The summed E-state index contributed by atoms with van der Waals surface area (Å²) in [7, 11) is -7.35. The maximum atomic E-state index is 12.4. The Hall–Kier alpha value is -0.780. The minimum atomic E-state index is -3.67. The highest BCUT2D eigenvalue weighted by Gasteiger charge is 2.25. The highest BCUT2D eigenvalue weighted by Crippen LogP contribution is 2.19. The van der Waals surface area contributed by atoms with Gasteiger partial charge in [0.25, 0.3) is 0 Å². The molecule has 0 aliphatic carbocycles. The molecule has 0 aromatic heterocycles. The molecular weight excluding hydrogens is 520 g/mol. The monoisotopic (exact) mass is 538 g/mol. The van der Waals surface area contributed by atoms with Crippen molar-refractivity contribution in [1.29, 1.82) is 0 Å². The van der Waals surface area contributed by atoms with Gasteiger partial charge < -0.3 is 0 Å². The van der Waals surface area contributed by atoms with Crippen LogP contribution in [0.15, 0.2) is 67.3 Å². The van der Waals surface area contributed by atoms with Crippen LogP contribution >= 0.6 is 31.9 Å². The van der Waals surface area contributed by atoms with Crippen molar-refractivity contribution >= 4 is 51.9 Å². The second-order valence-corrected chi connectivity index (χ2v) is 12.1. The highest BCUT2D eigenvalue weighted by atomic mass is 79.9. The van der Waals surface area contributed by atoms with Gasteiger partial charge >= 0.3 is 0 Å². The molecule has 0 aliphatic rings. The summed E-state index contributed by atoms with van der Waals surface area (Å²) in [5.41, 5.74) is -0.634. The van der Waals surface area contributed by atoms with Gasteiger partial charge in [0, 0.05) is 22.0 Å². The normalized spacial score (nSPS) is 12.9. The van der Waals surface area contributed by atoms with E-state index in [0.717, 1.165) is 8.95 Å². The van der Waals surface area contributed by atoms with Gasteiger partial charge in [0.2, 0.25) is 20.0 Å². The molecule has 6 nitrogen and oxygen atoms in total.